The first-order chi connectivity index (χ1) is 15.9. The molecule has 188 valence electrons. The maximum atomic E-state index is 11.1. The Morgan fingerprint density at radius 2 is 1.82 bits per heavy atom. The number of rotatable bonds is 12. The normalized spacial score (nSPS) is 15.6. The number of nitrogens with zero attached hydrogens (tertiary/aromatic N) is 1. The number of nitrogens with two attached hydrogens (primary N) is 1. The lowest BCUT2D eigenvalue weighted by atomic mass is 9.81. The van der Waals surface area contributed by atoms with Gasteiger partial charge in [0.15, 0.2) is 0 Å². The van der Waals surface area contributed by atoms with Crippen molar-refractivity contribution in [2.45, 2.75) is 85.0 Å². The molecule has 2 rings (SSSR count). The fourth-order valence-electron chi connectivity index (χ4n) is 4.11. The molecule has 0 aliphatic heterocycles. The van der Waals surface area contributed by atoms with E-state index in [9.17, 15) is 9.90 Å². The van der Waals surface area contributed by atoms with Crippen LogP contribution in [-0.4, -0.2) is 33.3 Å². The van der Waals surface area contributed by atoms with Gasteiger partial charge in [-0.3, -0.25) is 9.78 Å². The predicted octanol–water partition coefficient (Wildman–Crippen LogP) is 4.96. The smallest absolute Gasteiger partial charge is 0.306 e. The Morgan fingerprint density at radius 1 is 1.12 bits per heavy atom. The summed E-state index contributed by atoms with van der Waals surface area (Å²) in [6.07, 6.45) is 2.51. The SMILES string of the molecule is CC(CC(O)C(N)CC(Cc1ccc(C(C)(C)C)c(OCc2ccccn2)c1)C(C)C)C(=O)O. The number of benzene rings is 1. The summed E-state index contributed by atoms with van der Waals surface area (Å²) in [5, 5.41) is 19.6. The maximum absolute atomic E-state index is 11.1. The third-order valence-electron chi connectivity index (χ3n) is 6.48. The van der Waals surface area contributed by atoms with Crippen molar-refractivity contribution in [3.05, 3.63) is 59.4 Å². The Hall–Kier alpha value is -2.44. The molecule has 0 aliphatic carbocycles. The van der Waals surface area contributed by atoms with Gasteiger partial charge in [0.05, 0.1) is 17.7 Å². The molecule has 0 radical (unpaired) electrons. The first kappa shape index (κ1) is 27.8. The third kappa shape index (κ3) is 8.41. The number of aromatic nitrogens is 1. The highest BCUT2D eigenvalue weighted by Crippen LogP contribution is 2.34. The second-order valence-corrected chi connectivity index (χ2v) is 10.8. The molecule has 4 unspecified atom stereocenters. The van der Waals surface area contributed by atoms with Gasteiger partial charge in [-0.2, -0.15) is 0 Å². The van der Waals surface area contributed by atoms with Crippen LogP contribution >= 0.6 is 0 Å². The fraction of sp³-hybridized carbons (Fsp3) is 0.571. The minimum Gasteiger partial charge on any atom is -0.487 e. The van der Waals surface area contributed by atoms with Gasteiger partial charge in [0.25, 0.3) is 0 Å². The van der Waals surface area contributed by atoms with Crippen LogP contribution in [0.1, 0.15) is 71.2 Å². The van der Waals surface area contributed by atoms with Crippen molar-refractivity contribution in [2.24, 2.45) is 23.5 Å². The van der Waals surface area contributed by atoms with Gasteiger partial charge in [0.2, 0.25) is 0 Å². The van der Waals surface area contributed by atoms with Crippen LogP contribution in [0, 0.1) is 17.8 Å². The monoisotopic (exact) mass is 470 g/mol. The zero-order valence-electron chi connectivity index (χ0n) is 21.5. The minimum absolute atomic E-state index is 0.0667. The average molecular weight is 471 g/mol. The zero-order chi connectivity index (χ0) is 25.5. The standard InChI is InChI=1S/C28H42N2O4/c1-18(2)21(16-24(29)25(31)13-19(3)27(32)33)14-20-10-11-23(28(4,5)6)26(15-20)34-17-22-9-7-8-12-30-22/h7-12,15,18-19,21,24-25,31H,13-14,16-17,29H2,1-6H3,(H,32,33). The molecule has 0 amide bonds. The number of carbonyl (C=O) groups is 1. The summed E-state index contributed by atoms with van der Waals surface area (Å²) in [5.74, 6) is -0.0758. The molecule has 0 aliphatic rings. The number of hydrogen-bond donors (Lipinski definition) is 3. The number of aliphatic hydroxyl groups excluding tert-OH is 1. The molecule has 1 heterocycles. The first-order valence-corrected chi connectivity index (χ1v) is 12.2. The molecule has 0 spiro atoms. The van der Waals surface area contributed by atoms with Crippen LogP contribution in [0.4, 0.5) is 0 Å². The number of aliphatic hydroxyl groups is 1. The quantitative estimate of drug-likeness (QED) is 0.405. The van der Waals surface area contributed by atoms with Crippen molar-refractivity contribution in [1.82, 2.24) is 4.98 Å². The number of carboxylic acids is 1. The third-order valence-corrected chi connectivity index (χ3v) is 6.48. The lowest BCUT2D eigenvalue weighted by molar-refractivity contribution is -0.142. The summed E-state index contributed by atoms with van der Waals surface area (Å²) in [6, 6.07) is 11.7. The van der Waals surface area contributed by atoms with Crippen molar-refractivity contribution >= 4 is 5.97 Å². The summed E-state index contributed by atoms with van der Waals surface area (Å²) in [5.41, 5.74) is 9.42. The molecule has 2 aromatic rings. The van der Waals surface area contributed by atoms with E-state index in [0.717, 1.165) is 29.0 Å². The number of ether oxygens (including phenoxy) is 1. The van der Waals surface area contributed by atoms with Crippen molar-refractivity contribution in [3.8, 4) is 5.75 Å². The molecular formula is C28H42N2O4. The van der Waals surface area contributed by atoms with E-state index >= 15 is 0 Å². The molecule has 4 atom stereocenters. The predicted molar refractivity (Wildman–Crippen MR) is 136 cm³/mol. The van der Waals surface area contributed by atoms with Gasteiger partial charge < -0.3 is 20.7 Å². The number of hydrogen-bond acceptors (Lipinski definition) is 5. The molecule has 34 heavy (non-hydrogen) atoms. The zero-order valence-corrected chi connectivity index (χ0v) is 21.5. The lowest BCUT2D eigenvalue weighted by Gasteiger charge is -2.28. The molecule has 6 nitrogen and oxygen atoms in total. The Labute approximate surface area is 204 Å². The topological polar surface area (TPSA) is 106 Å². The summed E-state index contributed by atoms with van der Waals surface area (Å²) < 4.78 is 6.24. The Bertz CT molecular complexity index is 908. The molecule has 1 aromatic heterocycles. The van der Waals surface area contributed by atoms with E-state index in [0.29, 0.717) is 18.9 Å². The molecule has 0 bridgehead atoms. The highest BCUT2D eigenvalue weighted by molar-refractivity contribution is 5.69. The first-order valence-electron chi connectivity index (χ1n) is 12.2. The van der Waals surface area contributed by atoms with Crippen LogP contribution in [0.5, 0.6) is 5.75 Å². The molecule has 0 saturated carbocycles. The molecule has 6 heteroatoms. The highest BCUT2D eigenvalue weighted by Gasteiger charge is 2.26. The van der Waals surface area contributed by atoms with E-state index in [-0.39, 0.29) is 17.8 Å². The van der Waals surface area contributed by atoms with Crippen LogP contribution in [-0.2, 0) is 23.2 Å². The van der Waals surface area contributed by atoms with E-state index in [1.807, 2.05) is 18.2 Å². The number of carboxylic acid groups (broad SMARTS) is 1. The van der Waals surface area contributed by atoms with Gasteiger partial charge >= 0.3 is 5.97 Å². The molecular weight excluding hydrogens is 428 g/mol. The van der Waals surface area contributed by atoms with Crippen LogP contribution in [0.2, 0.25) is 0 Å². The van der Waals surface area contributed by atoms with Gasteiger partial charge in [-0.05, 0) is 65.8 Å². The van der Waals surface area contributed by atoms with Crippen LogP contribution in [0.25, 0.3) is 0 Å². The van der Waals surface area contributed by atoms with Crippen molar-refractivity contribution in [1.29, 1.82) is 0 Å². The van der Waals surface area contributed by atoms with Crippen LogP contribution in [0.3, 0.4) is 0 Å². The van der Waals surface area contributed by atoms with E-state index in [2.05, 4.69) is 57.8 Å². The van der Waals surface area contributed by atoms with Crippen molar-refractivity contribution in [3.63, 3.8) is 0 Å². The molecule has 0 saturated heterocycles. The summed E-state index contributed by atoms with van der Waals surface area (Å²) >= 11 is 0. The lowest BCUT2D eigenvalue weighted by Crippen LogP contribution is -2.39. The Balaban J connectivity index is 2.17. The highest BCUT2D eigenvalue weighted by atomic mass is 16.5. The average Bonchev–Trinajstić information content (AvgIpc) is 2.76. The van der Waals surface area contributed by atoms with Crippen LogP contribution in [0.15, 0.2) is 42.6 Å². The second-order valence-electron chi connectivity index (χ2n) is 10.8. The molecule has 1 aromatic carbocycles. The van der Waals surface area contributed by atoms with Gasteiger partial charge in [-0.15, -0.1) is 0 Å². The summed E-state index contributed by atoms with van der Waals surface area (Å²) in [7, 11) is 0. The van der Waals surface area contributed by atoms with E-state index < -0.39 is 24.0 Å². The van der Waals surface area contributed by atoms with Crippen molar-refractivity contribution in [2.75, 3.05) is 0 Å². The molecule has 4 N–H and O–H groups in total. The second kappa shape index (κ2) is 12.3. The van der Waals surface area contributed by atoms with E-state index in [4.69, 9.17) is 15.6 Å². The van der Waals surface area contributed by atoms with Crippen LogP contribution < -0.4 is 10.5 Å². The summed E-state index contributed by atoms with van der Waals surface area (Å²) in [4.78, 5) is 15.5. The number of pyridine rings is 1. The summed E-state index contributed by atoms with van der Waals surface area (Å²) in [6.45, 7) is 12.8. The Morgan fingerprint density at radius 3 is 2.38 bits per heavy atom. The van der Waals surface area contributed by atoms with Gasteiger partial charge in [0, 0.05) is 12.2 Å². The van der Waals surface area contributed by atoms with Gasteiger partial charge in [-0.25, -0.2) is 0 Å². The maximum Gasteiger partial charge on any atom is 0.306 e. The fourth-order valence-corrected chi connectivity index (χ4v) is 4.11. The van der Waals surface area contributed by atoms with Gasteiger partial charge in [-0.1, -0.05) is 59.7 Å². The Kier molecular flexibility index (Phi) is 10.1. The minimum atomic E-state index is -0.913. The van der Waals surface area contributed by atoms with Crippen molar-refractivity contribution < 1.29 is 19.7 Å². The number of aliphatic carboxylic acids is 1. The largest absolute Gasteiger partial charge is 0.487 e. The van der Waals surface area contributed by atoms with Gasteiger partial charge in [0.1, 0.15) is 12.4 Å². The van der Waals surface area contributed by atoms with E-state index in [1.54, 1.807) is 13.1 Å². The molecule has 0 fully saturated rings. The van der Waals surface area contributed by atoms with E-state index in [1.165, 1.54) is 0 Å².